The topological polar surface area (TPSA) is 54.2 Å². The van der Waals surface area contributed by atoms with Crippen LogP contribution in [0.1, 0.15) is 17.5 Å². The highest BCUT2D eigenvalue weighted by molar-refractivity contribution is 5.79. The van der Waals surface area contributed by atoms with Crippen LogP contribution in [0, 0.1) is 6.92 Å². The Morgan fingerprint density at radius 2 is 1.95 bits per heavy atom. The van der Waals surface area contributed by atoms with E-state index >= 15 is 0 Å². The highest BCUT2D eigenvalue weighted by atomic mass is 15.3. The van der Waals surface area contributed by atoms with Crippen LogP contribution in [0.3, 0.4) is 0 Å². The van der Waals surface area contributed by atoms with E-state index in [1.165, 1.54) is 11.1 Å². The van der Waals surface area contributed by atoms with E-state index in [2.05, 4.69) is 51.1 Å². The van der Waals surface area contributed by atoms with E-state index in [1.54, 1.807) is 7.05 Å². The lowest BCUT2D eigenvalue weighted by Gasteiger charge is -2.11. The molecule has 0 aliphatic carbocycles. The lowest BCUT2D eigenvalue weighted by atomic mass is 10.1. The highest BCUT2D eigenvalue weighted by Gasteiger charge is 1.98. The molecule has 5 heteroatoms. The van der Waals surface area contributed by atoms with E-state index in [4.69, 9.17) is 0 Å². The number of rotatable bonds is 7. The van der Waals surface area contributed by atoms with E-state index in [0.29, 0.717) is 0 Å². The smallest absolute Gasteiger partial charge is 0.191 e. The number of hydrogen-bond donors (Lipinski definition) is 2. The van der Waals surface area contributed by atoms with Gasteiger partial charge in [-0.25, -0.2) is 0 Å². The summed E-state index contributed by atoms with van der Waals surface area (Å²) >= 11 is 0. The van der Waals surface area contributed by atoms with Crippen LogP contribution in [0.25, 0.3) is 0 Å². The molecule has 0 unspecified atom stereocenters. The van der Waals surface area contributed by atoms with Gasteiger partial charge in [-0.15, -0.1) is 0 Å². The quantitative estimate of drug-likeness (QED) is 0.467. The highest BCUT2D eigenvalue weighted by Crippen LogP contribution is 2.01. The molecular weight excluding hydrogens is 274 g/mol. The lowest BCUT2D eigenvalue weighted by Crippen LogP contribution is -2.39. The van der Waals surface area contributed by atoms with E-state index < -0.39 is 0 Å². The number of nitrogens with one attached hydrogen (secondary N) is 2. The molecule has 22 heavy (non-hydrogen) atoms. The molecule has 0 saturated carbocycles. The maximum atomic E-state index is 4.26. The summed E-state index contributed by atoms with van der Waals surface area (Å²) in [6, 6.07) is 10.5. The van der Waals surface area contributed by atoms with E-state index in [9.17, 15) is 0 Å². The maximum Gasteiger partial charge on any atom is 0.191 e. The summed E-state index contributed by atoms with van der Waals surface area (Å²) in [4.78, 5) is 4.23. The molecule has 2 rings (SSSR count). The molecule has 2 N–H and O–H groups in total. The summed E-state index contributed by atoms with van der Waals surface area (Å²) < 4.78 is 1.94. The van der Waals surface area contributed by atoms with Gasteiger partial charge in [0.1, 0.15) is 0 Å². The zero-order valence-corrected chi connectivity index (χ0v) is 13.4. The minimum Gasteiger partial charge on any atom is -0.356 e. The van der Waals surface area contributed by atoms with Gasteiger partial charge in [0, 0.05) is 26.3 Å². The van der Waals surface area contributed by atoms with E-state index in [0.717, 1.165) is 38.4 Å². The van der Waals surface area contributed by atoms with Crippen LogP contribution in [0.5, 0.6) is 0 Å². The van der Waals surface area contributed by atoms with Crippen molar-refractivity contribution in [1.29, 1.82) is 0 Å². The second-order valence-corrected chi connectivity index (χ2v) is 5.30. The Hall–Kier alpha value is -2.30. The second-order valence-electron chi connectivity index (χ2n) is 5.30. The Morgan fingerprint density at radius 1 is 1.18 bits per heavy atom. The largest absolute Gasteiger partial charge is 0.356 e. The van der Waals surface area contributed by atoms with Gasteiger partial charge in [0.15, 0.2) is 5.96 Å². The Morgan fingerprint density at radius 3 is 2.64 bits per heavy atom. The van der Waals surface area contributed by atoms with Crippen molar-refractivity contribution < 1.29 is 0 Å². The molecule has 0 radical (unpaired) electrons. The molecule has 0 aliphatic rings. The minimum atomic E-state index is 0.805. The molecule has 1 heterocycles. The first-order valence-corrected chi connectivity index (χ1v) is 7.75. The molecular formula is C17H25N5. The number of benzene rings is 1. The molecule has 0 spiro atoms. The number of guanidine groups is 1. The number of aryl methyl sites for hydroxylation is 2. The fourth-order valence-electron chi connectivity index (χ4n) is 2.24. The number of aliphatic imine (C=N–C) groups is 1. The molecule has 2 aromatic rings. The van der Waals surface area contributed by atoms with Crippen molar-refractivity contribution in [3.63, 3.8) is 0 Å². The van der Waals surface area contributed by atoms with Gasteiger partial charge in [-0.1, -0.05) is 30.3 Å². The Bertz CT molecular complexity index is 574. The fourth-order valence-corrected chi connectivity index (χ4v) is 2.24. The van der Waals surface area contributed by atoms with Crippen molar-refractivity contribution in [2.24, 2.45) is 4.99 Å². The fraction of sp³-hybridized carbons (Fsp3) is 0.412. The second kappa shape index (κ2) is 8.87. The average Bonchev–Trinajstić information content (AvgIpc) is 2.96. The van der Waals surface area contributed by atoms with Gasteiger partial charge in [0.2, 0.25) is 0 Å². The summed E-state index contributed by atoms with van der Waals surface area (Å²) in [5.74, 6) is 0.844. The van der Waals surface area contributed by atoms with Crippen LogP contribution in [-0.4, -0.2) is 35.9 Å². The van der Waals surface area contributed by atoms with Crippen LogP contribution >= 0.6 is 0 Å². The van der Waals surface area contributed by atoms with Crippen molar-refractivity contribution >= 4 is 5.96 Å². The molecule has 0 fully saturated rings. The van der Waals surface area contributed by atoms with Gasteiger partial charge in [-0.2, -0.15) is 5.10 Å². The zero-order chi connectivity index (χ0) is 15.6. The predicted octanol–water partition coefficient (Wildman–Crippen LogP) is 1.99. The molecule has 0 saturated heterocycles. The summed E-state index contributed by atoms with van der Waals surface area (Å²) in [5, 5.41) is 10.9. The molecule has 0 aliphatic heterocycles. The van der Waals surface area contributed by atoms with Gasteiger partial charge < -0.3 is 10.6 Å². The maximum absolute atomic E-state index is 4.26. The molecule has 118 valence electrons. The van der Waals surface area contributed by atoms with Crippen molar-refractivity contribution in [1.82, 2.24) is 20.4 Å². The van der Waals surface area contributed by atoms with Crippen LogP contribution < -0.4 is 10.6 Å². The number of hydrogen-bond acceptors (Lipinski definition) is 2. The standard InChI is InChI=1S/C17H25N5/c1-15-13-21-22(14-15)12-11-20-17(18-2)19-10-6-9-16-7-4-3-5-8-16/h3-5,7-8,13-14H,6,9-12H2,1-2H3,(H2,18,19,20). The van der Waals surface area contributed by atoms with Crippen molar-refractivity contribution in [3.8, 4) is 0 Å². The first-order valence-electron chi connectivity index (χ1n) is 7.75. The summed E-state index contributed by atoms with van der Waals surface area (Å²) in [7, 11) is 1.80. The molecule has 1 aromatic heterocycles. The molecule has 5 nitrogen and oxygen atoms in total. The van der Waals surface area contributed by atoms with Gasteiger partial charge in [-0.05, 0) is 30.9 Å². The predicted molar refractivity (Wildman–Crippen MR) is 91.1 cm³/mol. The molecule has 0 atom stereocenters. The van der Waals surface area contributed by atoms with Crippen LogP contribution in [0.4, 0.5) is 0 Å². The van der Waals surface area contributed by atoms with Crippen LogP contribution in [0.2, 0.25) is 0 Å². The van der Waals surface area contributed by atoms with Gasteiger partial charge in [-0.3, -0.25) is 9.67 Å². The third-order valence-electron chi connectivity index (χ3n) is 3.40. The van der Waals surface area contributed by atoms with Crippen molar-refractivity contribution in [2.45, 2.75) is 26.3 Å². The SMILES string of the molecule is CN=C(NCCCc1ccccc1)NCCn1cc(C)cn1. The van der Waals surface area contributed by atoms with Crippen molar-refractivity contribution in [3.05, 3.63) is 53.9 Å². The zero-order valence-electron chi connectivity index (χ0n) is 13.4. The number of nitrogens with zero attached hydrogens (tertiary/aromatic N) is 3. The molecule has 0 bridgehead atoms. The normalized spacial score (nSPS) is 11.5. The summed E-state index contributed by atoms with van der Waals surface area (Å²) in [6.45, 7) is 4.59. The lowest BCUT2D eigenvalue weighted by molar-refractivity contribution is 0.596. The Balaban J connectivity index is 1.61. The van der Waals surface area contributed by atoms with E-state index in [-0.39, 0.29) is 0 Å². The van der Waals surface area contributed by atoms with Crippen molar-refractivity contribution in [2.75, 3.05) is 20.1 Å². The third kappa shape index (κ3) is 5.60. The first-order chi connectivity index (χ1) is 10.8. The molecule has 1 aromatic carbocycles. The third-order valence-corrected chi connectivity index (χ3v) is 3.40. The average molecular weight is 299 g/mol. The Labute approximate surface area is 132 Å². The van der Waals surface area contributed by atoms with Gasteiger partial charge in [0.05, 0.1) is 12.7 Å². The minimum absolute atomic E-state index is 0.805. The van der Waals surface area contributed by atoms with Gasteiger partial charge >= 0.3 is 0 Å². The van der Waals surface area contributed by atoms with E-state index in [1.807, 2.05) is 24.0 Å². The molecule has 0 amide bonds. The number of aromatic nitrogens is 2. The summed E-state index contributed by atoms with van der Waals surface area (Å²) in [5.41, 5.74) is 2.56. The first kappa shape index (κ1) is 16.1. The van der Waals surface area contributed by atoms with Crippen LogP contribution in [0.15, 0.2) is 47.7 Å². The van der Waals surface area contributed by atoms with Gasteiger partial charge in [0.25, 0.3) is 0 Å². The van der Waals surface area contributed by atoms with Crippen LogP contribution in [-0.2, 0) is 13.0 Å². The monoisotopic (exact) mass is 299 g/mol. The summed E-state index contributed by atoms with van der Waals surface area (Å²) in [6.07, 6.45) is 6.08. The Kier molecular flexibility index (Phi) is 6.48.